The molecule has 4 nitrogen and oxygen atoms in total. The van der Waals surface area contributed by atoms with E-state index in [1.807, 2.05) is 37.3 Å². The minimum atomic E-state index is -0.814. The van der Waals surface area contributed by atoms with Crippen molar-refractivity contribution < 1.29 is 14.6 Å². The highest BCUT2D eigenvalue weighted by molar-refractivity contribution is 5.79. The largest absolute Gasteiger partial charge is 0.383 e. The van der Waals surface area contributed by atoms with Gasteiger partial charge in [-0.15, -0.1) is 0 Å². The van der Waals surface area contributed by atoms with Crippen LogP contribution in [0.5, 0.6) is 0 Å². The Kier molecular flexibility index (Phi) is 3.91. The molecule has 1 aromatic carbocycles. The molecule has 1 atom stereocenters. The van der Waals surface area contributed by atoms with Crippen LogP contribution in [0.15, 0.2) is 30.3 Å². The predicted molar refractivity (Wildman–Crippen MR) is 69.2 cm³/mol. The van der Waals surface area contributed by atoms with Crippen molar-refractivity contribution >= 4 is 10.9 Å². The van der Waals surface area contributed by atoms with Gasteiger partial charge in [0.15, 0.2) is 6.29 Å². The predicted octanol–water partition coefficient (Wildman–Crippen LogP) is 2.20. The summed E-state index contributed by atoms with van der Waals surface area (Å²) in [4.78, 5) is 4.42. The Labute approximate surface area is 106 Å². The van der Waals surface area contributed by atoms with E-state index in [1.54, 1.807) is 0 Å². The van der Waals surface area contributed by atoms with Gasteiger partial charge >= 0.3 is 0 Å². The van der Waals surface area contributed by atoms with Gasteiger partial charge in [-0.1, -0.05) is 12.1 Å². The van der Waals surface area contributed by atoms with E-state index in [-0.39, 0.29) is 0 Å². The molecule has 2 rings (SSSR count). The highest BCUT2D eigenvalue weighted by Gasteiger charge is 2.20. The minimum absolute atomic E-state index is 0.666. The monoisotopic (exact) mass is 247 g/mol. The van der Waals surface area contributed by atoms with E-state index in [0.717, 1.165) is 22.2 Å². The van der Waals surface area contributed by atoms with Gasteiger partial charge in [-0.3, -0.25) is 4.98 Å². The van der Waals surface area contributed by atoms with Gasteiger partial charge in [-0.05, 0) is 30.7 Å². The van der Waals surface area contributed by atoms with Gasteiger partial charge in [0, 0.05) is 25.3 Å². The molecule has 1 heterocycles. The molecule has 0 aliphatic carbocycles. The second-order valence-corrected chi connectivity index (χ2v) is 4.19. The standard InChI is InChI=1S/C14H17NO3/c1-9-4-5-10-8-11(6-7-12(10)15-9)13(16)14(17-2)18-3/h4-8,13-14,16H,1-3H3. The molecular weight excluding hydrogens is 230 g/mol. The van der Waals surface area contributed by atoms with Crippen molar-refractivity contribution in [3.05, 3.63) is 41.6 Å². The molecule has 0 amide bonds. The maximum atomic E-state index is 10.1. The first-order chi connectivity index (χ1) is 8.65. The number of aliphatic hydroxyl groups excluding tert-OH is 1. The van der Waals surface area contributed by atoms with Crippen molar-refractivity contribution in [1.82, 2.24) is 4.98 Å². The average Bonchev–Trinajstić information content (AvgIpc) is 2.39. The average molecular weight is 247 g/mol. The number of aliphatic hydroxyl groups is 1. The number of pyridine rings is 1. The third-order valence-electron chi connectivity index (χ3n) is 2.92. The Morgan fingerprint density at radius 2 is 1.83 bits per heavy atom. The number of hydrogen-bond donors (Lipinski definition) is 1. The van der Waals surface area contributed by atoms with Crippen molar-refractivity contribution in [2.45, 2.75) is 19.3 Å². The molecule has 1 aromatic heterocycles. The summed E-state index contributed by atoms with van der Waals surface area (Å²) < 4.78 is 10.1. The SMILES string of the molecule is COC(OC)C(O)c1ccc2nc(C)ccc2c1. The first-order valence-electron chi connectivity index (χ1n) is 5.76. The summed E-state index contributed by atoms with van der Waals surface area (Å²) in [7, 11) is 3.01. The third kappa shape index (κ3) is 2.51. The second kappa shape index (κ2) is 5.44. The van der Waals surface area contributed by atoms with Gasteiger partial charge in [-0.2, -0.15) is 0 Å². The molecule has 0 spiro atoms. The molecule has 1 unspecified atom stereocenters. The van der Waals surface area contributed by atoms with Crippen LogP contribution >= 0.6 is 0 Å². The first-order valence-corrected chi connectivity index (χ1v) is 5.76. The molecule has 0 bridgehead atoms. The van der Waals surface area contributed by atoms with Gasteiger partial charge in [-0.25, -0.2) is 0 Å². The van der Waals surface area contributed by atoms with Crippen molar-refractivity contribution in [1.29, 1.82) is 0 Å². The number of nitrogens with zero attached hydrogens (tertiary/aromatic N) is 1. The van der Waals surface area contributed by atoms with Gasteiger partial charge in [0.1, 0.15) is 6.10 Å². The molecule has 0 aliphatic rings. The highest BCUT2D eigenvalue weighted by atomic mass is 16.7. The summed E-state index contributed by atoms with van der Waals surface area (Å²) in [6, 6.07) is 9.57. The van der Waals surface area contributed by atoms with E-state index in [1.165, 1.54) is 14.2 Å². The summed E-state index contributed by atoms with van der Waals surface area (Å²) in [6.45, 7) is 1.95. The van der Waals surface area contributed by atoms with Crippen LogP contribution in [0.1, 0.15) is 17.4 Å². The van der Waals surface area contributed by atoms with E-state index in [4.69, 9.17) is 9.47 Å². The molecule has 4 heteroatoms. The van der Waals surface area contributed by atoms with Gasteiger partial charge < -0.3 is 14.6 Å². The fourth-order valence-electron chi connectivity index (χ4n) is 1.94. The quantitative estimate of drug-likeness (QED) is 0.841. The Balaban J connectivity index is 2.37. The lowest BCUT2D eigenvalue weighted by atomic mass is 10.1. The number of rotatable bonds is 4. The normalized spacial score (nSPS) is 13.2. The van der Waals surface area contributed by atoms with Crippen molar-refractivity contribution in [3.8, 4) is 0 Å². The Morgan fingerprint density at radius 1 is 1.11 bits per heavy atom. The Morgan fingerprint density at radius 3 is 2.50 bits per heavy atom. The van der Waals surface area contributed by atoms with Crippen LogP contribution in [-0.4, -0.2) is 30.6 Å². The number of ether oxygens (including phenoxy) is 2. The number of aryl methyl sites for hydroxylation is 1. The number of aromatic nitrogens is 1. The van der Waals surface area contributed by atoms with Crippen LogP contribution in [0, 0.1) is 6.92 Å². The van der Waals surface area contributed by atoms with Crippen LogP contribution < -0.4 is 0 Å². The Hall–Kier alpha value is -1.49. The molecule has 0 saturated heterocycles. The number of hydrogen-bond acceptors (Lipinski definition) is 4. The minimum Gasteiger partial charge on any atom is -0.383 e. The van der Waals surface area contributed by atoms with Crippen molar-refractivity contribution in [3.63, 3.8) is 0 Å². The van der Waals surface area contributed by atoms with E-state index in [2.05, 4.69) is 4.98 Å². The maximum absolute atomic E-state index is 10.1. The van der Waals surface area contributed by atoms with Gasteiger partial charge in [0.2, 0.25) is 0 Å². The number of benzene rings is 1. The zero-order valence-corrected chi connectivity index (χ0v) is 10.8. The van der Waals surface area contributed by atoms with Crippen LogP contribution in [0.4, 0.5) is 0 Å². The van der Waals surface area contributed by atoms with Gasteiger partial charge in [0.25, 0.3) is 0 Å². The second-order valence-electron chi connectivity index (χ2n) is 4.19. The molecule has 2 aromatic rings. The van der Waals surface area contributed by atoms with Crippen molar-refractivity contribution in [2.24, 2.45) is 0 Å². The lowest BCUT2D eigenvalue weighted by Crippen LogP contribution is -2.22. The molecule has 0 aliphatic heterocycles. The summed E-state index contributed by atoms with van der Waals surface area (Å²) in [5.74, 6) is 0. The summed E-state index contributed by atoms with van der Waals surface area (Å²) in [6.07, 6.45) is -1.48. The van der Waals surface area contributed by atoms with Crippen LogP contribution in [-0.2, 0) is 9.47 Å². The molecule has 96 valence electrons. The molecule has 1 N–H and O–H groups in total. The molecule has 0 radical (unpaired) electrons. The smallest absolute Gasteiger partial charge is 0.187 e. The zero-order valence-electron chi connectivity index (χ0n) is 10.8. The lowest BCUT2D eigenvalue weighted by Gasteiger charge is -2.20. The molecule has 18 heavy (non-hydrogen) atoms. The van der Waals surface area contributed by atoms with Gasteiger partial charge in [0.05, 0.1) is 5.52 Å². The van der Waals surface area contributed by atoms with Crippen molar-refractivity contribution in [2.75, 3.05) is 14.2 Å². The van der Waals surface area contributed by atoms with E-state index in [9.17, 15) is 5.11 Å². The topological polar surface area (TPSA) is 51.6 Å². The van der Waals surface area contributed by atoms with E-state index < -0.39 is 12.4 Å². The molecular formula is C14H17NO3. The highest BCUT2D eigenvalue weighted by Crippen LogP contribution is 2.23. The lowest BCUT2D eigenvalue weighted by molar-refractivity contribution is -0.166. The van der Waals surface area contributed by atoms with E-state index in [0.29, 0.717) is 0 Å². The summed E-state index contributed by atoms with van der Waals surface area (Å²) in [5.41, 5.74) is 2.64. The van der Waals surface area contributed by atoms with Crippen LogP contribution in [0.3, 0.4) is 0 Å². The third-order valence-corrected chi connectivity index (χ3v) is 2.92. The van der Waals surface area contributed by atoms with E-state index >= 15 is 0 Å². The fraction of sp³-hybridized carbons (Fsp3) is 0.357. The summed E-state index contributed by atoms with van der Waals surface area (Å²) in [5, 5.41) is 11.1. The first kappa shape index (κ1) is 13.0. The summed E-state index contributed by atoms with van der Waals surface area (Å²) >= 11 is 0. The molecule has 0 fully saturated rings. The van der Waals surface area contributed by atoms with Crippen LogP contribution in [0.25, 0.3) is 10.9 Å². The number of methoxy groups -OCH3 is 2. The number of fused-ring (bicyclic) bond motifs is 1. The maximum Gasteiger partial charge on any atom is 0.187 e. The molecule has 0 saturated carbocycles. The fourth-order valence-corrected chi connectivity index (χ4v) is 1.94. The van der Waals surface area contributed by atoms with Crippen LogP contribution in [0.2, 0.25) is 0 Å². The zero-order chi connectivity index (χ0) is 13.1. The Bertz CT molecular complexity index is 538.